The molecule has 9 heteroatoms. The van der Waals surface area contributed by atoms with E-state index in [-0.39, 0.29) is 17.9 Å². The number of fused-ring (bicyclic) bond motifs is 1. The highest BCUT2D eigenvalue weighted by Gasteiger charge is 2.25. The molecule has 2 aliphatic heterocycles. The zero-order valence-corrected chi connectivity index (χ0v) is 17.3. The quantitative estimate of drug-likeness (QED) is 0.684. The van der Waals surface area contributed by atoms with Gasteiger partial charge in [0, 0.05) is 46.0 Å². The summed E-state index contributed by atoms with van der Waals surface area (Å²) in [6.45, 7) is 6.36. The number of pyridine rings is 2. The van der Waals surface area contributed by atoms with E-state index < -0.39 is 0 Å². The van der Waals surface area contributed by atoms with Crippen LogP contribution in [0, 0.1) is 0 Å². The maximum atomic E-state index is 12.1. The molecular weight excluding hydrogens is 382 g/mol. The van der Waals surface area contributed by atoms with Gasteiger partial charge in [-0.05, 0) is 30.2 Å². The maximum Gasteiger partial charge on any atom is 0.269 e. The number of carbonyl (C=O) groups excluding carboxylic acids is 2. The standard InChI is InChI=1S/C21H27N7O2/c1-3-16-21(30)26-18-10-14(11-24-19(18)25-16)13-27-6-8-28(9-7-27)15-4-5-17(23-12-15)20(29)22-2/h4-5,10-12,16H,3,6-9,13H2,1-2H3,(H,22,29)(H,24,25)(H,26,30). The zero-order chi connectivity index (χ0) is 21.1. The van der Waals surface area contributed by atoms with Gasteiger partial charge in [-0.2, -0.15) is 0 Å². The molecule has 0 aliphatic carbocycles. The molecule has 4 heterocycles. The van der Waals surface area contributed by atoms with Crippen molar-refractivity contribution in [3.8, 4) is 0 Å². The molecule has 0 spiro atoms. The Kier molecular flexibility index (Phi) is 5.80. The lowest BCUT2D eigenvalue weighted by molar-refractivity contribution is -0.117. The van der Waals surface area contributed by atoms with Crippen molar-refractivity contribution in [2.45, 2.75) is 25.9 Å². The Hall–Kier alpha value is -3.20. The summed E-state index contributed by atoms with van der Waals surface area (Å²) in [4.78, 5) is 37.1. The number of amides is 2. The molecule has 3 N–H and O–H groups in total. The van der Waals surface area contributed by atoms with Crippen LogP contribution in [0.3, 0.4) is 0 Å². The number of rotatable bonds is 5. The Morgan fingerprint density at radius 1 is 1.20 bits per heavy atom. The van der Waals surface area contributed by atoms with Gasteiger partial charge in [0.15, 0.2) is 0 Å². The Morgan fingerprint density at radius 2 is 2.00 bits per heavy atom. The number of anilines is 3. The number of hydrogen-bond donors (Lipinski definition) is 3. The van der Waals surface area contributed by atoms with E-state index in [0.717, 1.165) is 61.9 Å². The molecule has 1 saturated heterocycles. The monoisotopic (exact) mass is 409 g/mol. The SMILES string of the molecule is CCC1Nc2ncc(CN3CCN(c4ccc(C(=O)NC)nc4)CC3)cc2NC1=O. The van der Waals surface area contributed by atoms with Crippen molar-refractivity contribution in [1.82, 2.24) is 20.2 Å². The topological polar surface area (TPSA) is 102 Å². The van der Waals surface area contributed by atoms with Crippen LogP contribution in [-0.2, 0) is 11.3 Å². The molecule has 158 valence electrons. The van der Waals surface area contributed by atoms with Gasteiger partial charge in [-0.3, -0.25) is 14.5 Å². The number of nitrogens with zero attached hydrogens (tertiary/aromatic N) is 4. The predicted octanol–water partition coefficient (Wildman–Crippen LogP) is 1.30. The van der Waals surface area contributed by atoms with E-state index in [1.165, 1.54) is 0 Å². The minimum atomic E-state index is -0.219. The molecule has 0 bridgehead atoms. The third kappa shape index (κ3) is 4.20. The first kappa shape index (κ1) is 20.1. The molecule has 4 rings (SSSR count). The molecule has 2 aromatic rings. The highest BCUT2D eigenvalue weighted by atomic mass is 16.2. The summed E-state index contributed by atoms with van der Waals surface area (Å²) < 4.78 is 0. The summed E-state index contributed by atoms with van der Waals surface area (Å²) in [6.07, 6.45) is 4.36. The Bertz CT molecular complexity index is 923. The Balaban J connectivity index is 1.34. The van der Waals surface area contributed by atoms with E-state index in [1.807, 2.05) is 25.3 Å². The van der Waals surface area contributed by atoms with Crippen LogP contribution in [0.2, 0.25) is 0 Å². The molecular formula is C21H27N7O2. The fourth-order valence-corrected chi connectivity index (χ4v) is 3.80. The van der Waals surface area contributed by atoms with E-state index in [2.05, 4.69) is 35.7 Å². The van der Waals surface area contributed by atoms with Gasteiger partial charge in [0.1, 0.15) is 17.6 Å². The molecule has 1 atom stereocenters. The largest absolute Gasteiger partial charge is 0.368 e. The van der Waals surface area contributed by atoms with Crippen molar-refractivity contribution in [3.63, 3.8) is 0 Å². The minimum Gasteiger partial charge on any atom is -0.368 e. The second-order valence-electron chi connectivity index (χ2n) is 7.58. The second kappa shape index (κ2) is 8.66. The highest BCUT2D eigenvalue weighted by molar-refractivity contribution is 6.02. The fraction of sp³-hybridized carbons (Fsp3) is 0.429. The lowest BCUT2D eigenvalue weighted by Crippen LogP contribution is -2.46. The van der Waals surface area contributed by atoms with Crippen LogP contribution in [0.5, 0.6) is 0 Å². The highest BCUT2D eigenvalue weighted by Crippen LogP contribution is 2.26. The number of piperazine rings is 1. The lowest BCUT2D eigenvalue weighted by atomic mass is 10.1. The molecule has 0 saturated carbocycles. The van der Waals surface area contributed by atoms with Gasteiger partial charge in [0.2, 0.25) is 5.91 Å². The first-order valence-electron chi connectivity index (χ1n) is 10.3. The number of nitrogens with one attached hydrogen (secondary N) is 3. The molecule has 30 heavy (non-hydrogen) atoms. The minimum absolute atomic E-state index is 0.00592. The van der Waals surface area contributed by atoms with Crippen molar-refractivity contribution in [2.75, 3.05) is 48.8 Å². The second-order valence-corrected chi connectivity index (χ2v) is 7.58. The van der Waals surface area contributed by atoms with Crippen LogP contribution < -0.4 is 20.9 Å². The molecule has 0 radical (unpaired) electrons. The van der Waals surface area contributed by atoms with Gasteiger partial charge in [0.05, 0.1) is 17.6 Å². The van der Waals surface area contributed by atoms with Gasteiger partial charge in [-0.25, -0.2) is 9.97 Å². The van der Waals surface area contributed by atoms with Gasteiger partial charge in [0.25, 0.3) is 5.91 Å². The third-order valence-corrected chi connectivity index (χ3v) is 5.59. The van der Waals surface area contributed by atoms with Crippen LogP contribution in [0.15, 0.2) is 30.6 Å². The van der Waals surface area contributed by atoms with Crippen molar-refractivity contribution in [1.29, 1.82) is 0 Å². The fourth-order valence-electron chi connectivity index (χ4n) is 3.80. The van der Waals surface area contributed by atoms with Crippen LogP contribution in [0.1, 0.15) is 29.4 Å². The lowest BCUT2D eigenvalue weighted by Gasteiger charge is -2.36. The van der Waals surface area contributed by atoms with Crippen molar-refractivity contribution in [2.24, 2.45) is 0 Å². The van der Waals surface area contributed by atoms with Gasteiger partial charge in [-0.1, -0.05) is 6.92 Å². The summed E-state index contributed by atoms with van der Waals surface area (Å²) in [7, 11) is 1.60. The number of aromatic nitrogens is 2. The normalized spacial score (nSPS) is 18.9. The third-order valence-electron chi connectivity index (χ3n) is 5.59. The predicted molar refractivity (Wildman–Crippen MR) is 116 cm³/mol. The van der Waals surface area contributed by atoms with Crippen LogP contribution in [0.25, 0.3) is 0 Å². The zero-order valence-electron chi connectivity index (χ0n) is 17.3. The molecule has 1 fully saturated rings. The molecule has 1 unspecified atom stereocenters. The first-order chi connectivity index (χ1) is 14.6. The molecule has 2 aliphatic rings. The summed E-state index contributed by atoms with van der Waals surface area (Å²) in [5.41, 5.74) is 3.28. The first-order valence-corrected chi connectivity index (χ1v) is 10.3. The number of hydrogen-bond acceptors (Lipinski definition) is 7. The molecule has 2 aromatic heterocycles. The van der Waals surface area contributed by atoms with E-state index in [9.17, 15) is 9.59 Å². The van der Waals surface area contributed by atoms with Crippen LogP contribution in [-0.4, -0.2) is 66.0 Å². The summed E-state index contributed by atoms with van der Waals surface area (Å²) >= 11 is 0. The van der Waals surface area contributed by atoms with Gasteiger partial charge < -0.3 is 20.9 Å². The van der Waals surface area contributed by atoms with E-state index >= 15 is 0 Å². The van der Waals surface area contributed by atoms with Crippen molar-refractivity contribution >= 4 is 29.0 Å². The van der Waals surface area contributed by atoms with Crippen LogP contribution >= 0.6 is 0 Å². The van der Waals surface area contributed by atoms with Crippen molar-refractivity contribution in [3.05, 3.63) is 41.9 Å². The Labute approximate surface area is 175 Å². The van der Waals surface area contributed by atoms with Crippen LogP contribution in [0.4, 0.5) is 17.2 Å². The van der Waals surface area contributed by atoms with E-state index in [1.54, 1.807) is 19.3 Å². The van der Waals surface area contributed by atoms with E-state index in [0.29, 0.717) is 5.69 Å². The molecule has 9 nitrogen and oxygen atoms in total. The maximum absolute atomic E-state index is 12.1. The van der Waals surface area contributed by atoms with Crippen molar-refractivity contribution < 1.29 is 9.59 Å². The van der Waals surface area contributed by atoms with Gasteiger partial charge >= 0.3 is 0 Å². The smallest absolute Gasteiger partial charge is 0.269 e. The average molecular weight is 409 g/mol. The Morgan fingerprint density at radius 3 is 2.67 bits per heavy atom. The van der Waals surface area contributed by atoms with E-state index in [4.69, 9.17) is 0 Å². The summed E-state index contributed by atoms with van der Waals surface area (Å²) in [6, 6.07) is 5.49. The summed E-state index contributed by atoms with van der Waals surface area (Å²) in [5.74, 6) is 0.554. The molecule has 0 aromatic carbocycles. The summed E-state index contributed by atoms with van der Waals surface area (Å²) in [5, 5.41) is 8.73. The average Bonchev–Trinajstić information content (AvgIpc) is 2.78. The van der Waals surface area contributed by atoms with Gasteiger partial charge in [-0.15, -0.1) is 0 Å². The number of carbonyl (C=O) groups is 2. The molecule has 2 amide bonds.